The van der Waals surface area contributed by atoms with Gasteiger partial charge >= 0.3 is 0 Å². The van der Waals surface area contributed by atoms with Crippen LogP contribution in [0, 0.1) is 5.92 Å². The number of hydrogen-bond donors (Lipinski definition) is 2. The van der Waals surface area contributed by atoms with E-state index in [1.807, 2.05) is 36.5 Å². The number of nitrogens with one attached hydrogen (secondary N) is 1. The van der Waals surface area contributed by atoms with Gasteiger partial charge in [-0.2, -0.15) is 5.10 Å². The van der Waals surface area contributed by atoms with Crippen molar-refractivity contribution in [2.45, 2.75) is 25.5 Å². The minimum Gasteiger partial charge on any atom is -0.497 e. The van der Waals surface area contributed by atoms with E-state index in [0.29, 0.717) is 0 Å². The highest BCUT2D eigenvalue weighted by Crippen LogP contribution is 2.35. The van der Waals surface area contributed by atoms with E-state index in [1.165, 1.54) is 0 Å². The van der Waals surface area contributed by atoms with Crippen molar-refractivity contribution < 1.29 is 14.6 Å². The van der Waals surface area contributed by atoms with Crippen LogP contribution in [0.2, 0.25) is 0 Å². The smallest absolute Gasteiger partial charge is 0.131 e. The number of pyridine rings is 1. The van der Waals surface area contributed by atoms with Gasteiger partial charge < -0.3 is 14.6 Å². The molecule has 0 spiro atoms. The van der Waals surface area contributed by atoms with Crippen molar-refractivity contribution in [3.63, 3.8) is 0 Å². The fourth-order valence-corrected chi connectivity index (χ4v) is 4.16. The third-order valence-electron chi connectivity index (χ3n) is 5.89. The topological polar surface area (TPSA) is 83.5 Å². The molecule has 7 heteroatoms. The molecule has 1 aliphatic rings. The zero-order chi connectivity index (χ0) is 20.9. The van der Waals surface area contributed by atoms with Gasteiger partial charge in [-0.1, -0.05) is 6.07 Å². The lowest BCUT2D eigenvalue weighted by molar-refractivity contribution is 0.0566. The first-order valence-electron chi connectivity index (χ1n) is 10.2. The van der Waals surface area contributed by atoms with Gasteiger partial charge in [-0.05, 0) is 55.6 Å². The molecule has 0 saturated carbocycles. The predicted molar refractivity (Wildman–Crippen MR) is 114 cm³/mol. The summed E-state index contributed by atoms with van der Waals surface area (Å²) in [6, 6.07) is 9.62. The number of hydrogen-bond acceptors (Lipinski definition) is 6. The van der Waals surface area contributed by atoms with Gasteiger partial charge in [0, 0.05) is 36.1 Å². The van der Waals surface area contributed by atoms with Gasteiger partial charge in [-0.15, -0.1) is 0 Å². The van der Waals surface area contributed by atoms with Gasteiger partial charge in [0.05, 0.1) is 32.2 Å². The van der Waals surface area contributed by atoms with E-state index in [9.17, 15) is 5.11 Å². The summed E-state index contributed by atoms with van der Waals surface area (Å²) in [6.07, 6.45) is 6.84. The van der Waals surface area contributed by atoms with Gasteiger partial charge in [-0.3, -0.25) is 15.0 Å². The molecule has 7 nitrogen and oxygen atoms in total. The summed E-state index contributed by atoms with van der Waals surface area (Å²) in [5.41, 5.74) is 3.96. The fraction of sp³-hybridized carbons (Fsp3) is 0.391. The maximum Gasteiger partial charge on any atom is 0.131 e. The van der Waals surface area contributed by atoms with Crippen LogP contribution in [0.25, 0.3) is 11.3 Å². The number of aliphatic hydroxyl groups is 1. The van der Waals surface area contributed by atoms with Crippen molar-refractivity contribution in [3.05, 3.63) is 60.0 Å². The monoisotopic (exact) mass is 408 g/mol. The first kappa shape index (κ1) is 20.4. The summed E-state index contributed by atoms with van der Waals surface area (Å²) < 4.78 is 10.9. The molecule has 1 fully saturated rings. The van der Waals surface area contributed by atoms with E-state index >= 15 is 0 Å². The van der Waals surface area contributed by atoms with E-state index < -0.39 is 6.10 Å². The molecular weight excluding hydrogens is 380 g/mol. The Hall–Kier alpha value is -2.90. The molecule has 1 aliphatic heterocycles. The highest BCUT2D eigenvalue weighted by atomic mass is 16.5. The average Bonchev–Trinajstić information content (AvgIpc) is 3.27. The van der Waals surface area contributed by atoms with E-state index in [0.717, 1.165) is 66.4 Å². The lowest BCUT2D eigenvalue weighted by Gasteiger charge is -2.34. The molecule has 0 bridgehead atoms. The Labute approximate surface area is 176 Å². The number of aliphatic hydroxyl groups excluding tert-OH is 1. The second-order valence-corrected chi connectivity index (χ2v) is 7.68. The number of rotatable bonds is 7. The van der Waals surface area contributed by atoms with Gasteiger partial charge in [0.25, 0.3) is 0 Å². The maximum absolute atomic E-state index is 10.7. The summed E-state index contributed by atoms with van der Waals surface area (Å²) in [7, 11) is 3.30. The lowest BCUT2D eigenvalue weighted by atomic mass is 9.88. The van der Waals surface area contributed by atoms with Crippen LogP contribution in [-0.4, -0.2) is 52.5 Å². The van der Waals surface area contributed by atoms with Gasteiger partial charge in [0.1, 0.15) is 11.5 Å². The first-order chi connectivity index (χ1) is 14.7. The Morgan fingerprint density at radius 3 is 2.70 bits per heavy atom. The molecule has 4 rings (SSSR count). The standard InChI is InChI=1S/C23H28N4O3/c1-29-19-5-6-20(21(12-19)30-2)22-18(14-25-26-22)15-27-10-7-16(8-11-27)23(28)17-4-3-9-24-13-17/h3-6,9,12-14,16,23,28H,7-8,10-11,15H2,1-2H3,(H,25,26)/t23-/m1/s1. The zero-order valence-corrected chi connectivity index (χ0v) is 17.4. The van der Waals surface area contributed by atoms with E-state index in [4.69, 9.17) is 9.47 Å². The molecule has 3 heterocycles. The van der Waals surface area contributed by atoms with Crippen molar-refractivity contribution in [2.24, 2.45) is 5.92 Å². The molecule has 2 aromatic heterocycles. The van der Waals surface area contributed by atoms with Crippen molar-refractivity contribution in [1.29, 1.82) is 0 Å². The van der Waals surface area contributed by atoms with Crippen molar-refractivity contribution in [3.8, 4) is 22.8 Å². The van der Waals surface area contributed by atoms with E-state index in [1.54, 1.807) is 26.6 Å². The number of H-pyrrole nitrogens is 1. The number of nitrogens with zero attached hydrogens (tertiary/aromatic N) is 3. The first-order valence-corrected chi connectivity index (χ1v) is 10.2. The SMILES string of the molecule is COc1ccc(-c2[nH]ncc2CN2CCC([C@@H](O)c3cccnc3)CC2)c(OC)c1. The molecule has 1 saturated heterocycles. The van der Waals surface area contributed by atoms with Crippen LogP contribution in [0.1, 0.15) is 30.1 Å². The second kappa shape index (κ2) is 9.28. The molecule has 1 atom stereocenters. The highest BCUT2D eigenvalue weighted by molar-refractivity contribution is 5.71. The summed E-state index contributed by atoms with van der Waals surface area (Å²) in [5.74, 6) is 1.76. The largest absolute Gasteiger partial charge is 0.497 e. The second-order valence-electron chi connectivity index (χ2n) is 7.68. The summed E-state index contributed by atoms with van der Waals surface area (Å²) in [6.45, 7) is 2.68. The van der Waals surface area contributed by atoms with Crippen LogP contribution in [0.3, 0.4) is 0 Å². The molecule has 0 radical (unpaired) electrons. The lowest BCUT2D eigenvalue weighted by Crippen LogP contribution is -2.35. The molecule has 0 aliphatic carbocycles. The summed E-state index contributed by atoms with van der Waals surface area (Å²) >= 11 is 0. The number of likely N-dealkylation sites (tertiary alicyclic amines) is 1. The molecule has 2 N–H and O–H groups in total. The van der Waals surface area contributed by atoms with Crippen LogP contribution in [0.5, 0.6) is 11.5 Å². The third-order valence-corrected chi connectivity index (χ3v) is 5.89. The molecule has 158 valence electrons. The average molecular weight is 409 g/mol. The molecule has 30 heavy (non-hydrogen) atoms. The summed E-state index contributed by atoms with van der Waals surface area (Å²) in [4.78, 5) is 6.54. The number of aromatic amines is 1. The van der Waals surface area contributed by atoms with Crippen LogP contribution < -0.4 is 9.47 Å². The minimum atomic E-state index is -0.450. The van der Waals surface area contributed by atoms with Crippen molar-refractivity contribution >= 4 is 0 Å². The van der Waals surface area contributed by atoms with E-state index in [-0.39, 0.29) is 5.92 Å². The number of benzene rings is 1. The number of piperidine rings is 1. The molecule has 0 amide bonds. The van der Waals surface area contributed by atoms with Crippen LogP contribution >= 0.6 is 0 Å². The number of methoxy groups -OCH3 is 2. The number of ether oxygens (including phenoxy) is 2. The minimum absolute atomic E-state index is 0.260. The van der Waals surface area contributed by atoms with E-state index in [2.05, 4.69) is 20.1 Å². The van der Waals surface area contributed by atoms with Crippen LogP contribution in [-0.2, 0) is 6.54 Å². The maximum atomic E-state index is 10.7. The molecule has 3 aromatic rings. The number of aromatic nitrogens is 3. The van der Waals surface area contributed by atoms with Crippen molar-refractivity contribution in [2.75, 3.05) is 27.3 Å². The van der Waals surface area contributed by atoms with Crippen LogP contribution in [0.15, 0.2) is 48.9 Å². The van der Waals surface area contributed by atoms with Gasteiger partial charge in [0.15, 0.2) is 0 Å². The van der Waals surface area contributed by atoms with Gasteiger partial charge in [0.2, 0.25) is 0 Å². The Morgan fingerprint density at radius 2 is 2.00 bits per heavy atom. The molecular formula is C23H28N4O3. The Bertz CT molecular complexity index is 952. The Balaban J connectivity index is 1.42. The van der Waals surface area contributed by atoms with Gasteiger partial charge in [-0.25, -0.2) is 0 Å². The Morgan fingerprint density at radius 1 is 1.17 bits per heavy atom. The fourth-order valence-electron chi connectivity index (χ4n) is 4.16. The third kappa shape index (κ3) is 4.32. The predicted octanol–water partition coefficient (Wildman–Crippen LogP) is 3.43. The zero-order valence-electron chi connectivity index (χ0n) is 17.4. The Kier molecular flexibility index (Phi) is 6.30. The summed E-state index contributed by atoms with van der Waals surface area (Å²) in [5, 5.41) is 18.1. The normalized spacial score (nSPS) is 16.4. The molecule has 0 unspecified atom stereocenters. The molecule has 1 aromatic carbocycles. The quantitative estimate of drug-likeness (QED) is 0.623. The van der Waals surface area contributed by atoms with Crippen molar-refractivity contribution in [1.82, 2.24) is 20.1 Å². The van der Waals surface area contributed by atoms with Crippen LogP contribution in [0.4, 0.5) is 0 Å². The highest BCUT2D eigenvalue weighted by Gasteiger charge is 2.27.